The van der Waals surface area contributed by atoms with E-state index in [1.165, 1.54) is 0 Å². The lowest BCUT2D eigenvalue weighted by atomic mass is 10.0. The van der Waals surface area contributed by atoms with Gasteiger partial charge in [0, 0.05) is 24.7 Å². The normalized spacial score (nSPS) is 15.2. The van der Waals surface area contributed by atoms with E-state index in [2.05, 4.69) is 19.2 Å². The van der Waals surface area contributed by atoms with Gasteiger partial charge in [0.1, 0.15) is 5.75 Å². The molecule has 0 spiro atoms. The Kier molecular flexibility index (Phi) is 8.20. The molecule has 7 heteroatoms. The minimum Gasteiger partial charge on any atom is -0.493 e. The summed E-state index contributed by atoms with van der Waals surface area (Å²) in [6.45, 7) is 7.11. The standard InChI is InChI=1S/C26H34N2O5/c1-17(2)21-8-6-7-9-22(21)33-18(3)25(29)27-20-12-14-28(15-13-20)26(30)19-10-11-23(31-4)24(16-19)32-5/h6-11,16-18,20H,12-15H2,1-5H3,(H,27,29). The summed E-state index contributed by atoms with van der Waals surface area (Å²) in [6.07, 6.45) is 0.788. The zero-order chi connectivity index (χ0) is 24.0. The lowest BCUT2D eigenvalue weighted by molar-refractivity contribution is -0.128. The average molecular weight is 455 g/mol. The van der Waals surface area contributed by atoms with Gasteiger partial charge in [-0.1, -0.05) is 32.0 Å². The average Bonchev–Trinajstić information content (AvgIpc) is 2.83. The Balaban J connectivity index is 1.53. The number of nitrogens with one attached hydrogen (secondary N) is 1. The van der Waals surface area contributed by atoms with Gasteiger partial charge in [0.05, 0.1) is 14.2 Å². The molecule has 1 atom stereocenters. The highest BCUT2D eigenvalue weighted by molar-refractivity contribution is 5.95. The van der Waals surface area contributed by atoms with E-state index < -0.39 is 6.10 Å². The molecule has 3 rings (SSSR count). The topological polar surface area (TPSA) is 77.1 Å². The Hall–Kier alpha value is -3.22. The van der Waals surface area contributed by atoms with Crippen molar-refractivity contribution >= 4 is 11.8 Å². The van der Waals surface area contributed by atoms with Gasteiger partial charge in [0.2, 0.25) is 0 Å². The number of para-hydroxylation sites is 1. The maximum absolute atomic E-state index is 12.9. The lowest BCUT2D eigenvalue weighted by Gasteiger charge is -2.33. The number of likely N-dealkylation sites (tertiary alicyclic amines) is 1. The molecule has 1 unspecified atom stereocenters. The van der Waals surface area contributed by atoms with Crippen LogP contribution in [0.3, 0.4) is 0 Å². The number of carbonyl (C=O) groups excluding carboxylic acids is 2. The van der Waals surface area contributed by atoms with E-state index in [1.54, 1.807) is 39.3 Å². The second kappa shape index (κ2) is 11.1. The number of amides is 2. The fourth-order valence-corrected chi connectivity index (χ4v) is 4.01. The number of ether oxygens (including phenoxy) is 3. The third-order valence-corrected chi connectivity index (χ3v) is 5.97. The molecule has 1 aliphatic heterocycles. The second-order valence-electron chi connectivity index (χ2n) is 8.60. The van der Waals surface area contributed by atoms with Crippen LogP contribution in [0.25, 0.3) is 0 Å². The van der Waals surface area contributed by atoms with E-state index >= 15 is 0 Å². The number of rotatable bonds is 8. The first-order chi connectivity index (χ1) is 15.8. The van der Waals surface area contributed by atoms with Gasteiger partial charge in [-0.2, -0.15) is 0 Å². The summed E-state index contributed by atoms with van der Waals surface area (Å²) in [7, 11) is 3.11. The summed E-state index contributed by atoms with van der Waals surface area (Å²) in [4.78, 5) is 27.4. The lowest BCUT2D eigenvalue weighted by Crippen LogP contribution is -2.49. The molecule has 1 heterocycles. The largest absolute Gasteiger partial charge is 0.493 e. The molecular weight excluding hydrogens is 420 g/mol. The predicted octanol–water partition coefficient (Wildman–Crippen LogP) is 4.02. The molecule has 0 bridgehead atoms. The van der Waals surface area contributed by atoms with Crippen LogP contribution in [0.1, 0.15) is 55.5 Å². The first-order valence-electron chi connectivity index (χ1n) is 11.4. The Labute approximate surface area is 196 Å². The summed E-state index contributed by atoms with van der Waals surface area (Å²) < 4.78 is 16.5. The summed E-state index contributed by atoms with van der Waals surface area (Å²) >= 11 is 0. The molecule has 1 aliphatic rings. The molecule has 2 aromatic rings. The van der Waals surface area contributed by atoms with Crippen LogP contribution < -0.4 is 19.5 Å². The van der Waals surface area contributed by atoms with E-state index in [9.17, 15) is 9.59 Å². The van der Waals surface area contributed by atoms with Crippen molar-refractivity contribution in [2.24, 2.45) is 0 Å². The van der Waals surface area contributed by atoms with E-state index in [4.69, 9.17) is 14.2 Å². The predicted molar refractivity (Wildman–Crippen MR) is 127 cm³/mol. The van der Waals surface area contributed by atoms with Gasteiger partial charge < -0.3 is 24.4 Å². The van der Waals surface area contributed by atoms with Crippen LogP contribution in [0.4, 0.5) is 0 Å². The minimum absolute atomic E-state index is 0.0124. The van der Waals surface area contributed by atoms with E-state index in [-0.39, 0.29) is 17.9 Å². The molecular formula is C26H34N2O5. The highest BCUT2D eigenvalue weighted by Crippen LogP contribution is 2.29. The van der Waals surface area contributed by atoms with Crippen LogP contribution in [0.2, 0.25) is 0 Å². The summed E-state index contributed by atoms with van der Waals surface area (Å²) in [5.74, 6) is 1.97. The maximum atomic E-state index is 12.9. The van der Waals surface area contributed by atoms with E-state index in [0.717, 1.165) is 11.3 Å². The van der Waals surface area contributed by atoms with Crippen LogP contribution in [-0.4, -0.2) is 56.2 Å². The minimum atomic E-state index is -0.601. The molecule has 1 saturated heterocycles. The van der Waals surface area contributed by atoms with Gasteiger partial charge in [0.15, 0.2) is 17.6 Å². The molecule has 2 aromatic carbocycles. The van der Waals surface area contributed by atoms with Gasteiger partial charge in [-0.05, 0) is 55.5 Å². The van der Waals surface area contributed by atoms with Gasteiger partial charge >= 0.3 is 0 Å². The third kappa shape index (κ3) is 5.97. The van der Waals surface area contributed by atoms with Crippen molar-refractivity contribution in [3.8, 4) is 17.2 Å². The third-order valence-electron chi connectivity index (χ3n) is 5.97. The highest BCUT2D eigenvalue weighted by Gasteiger charge is 2.27. The number of benzene rings is 2. The van der Waals surface area contributed by atoms with E-state index in [0.29, 0.717) is 48.9 Å². The van der Waals surface area contributed by atoms with Crippen LogP contribution >= 0.6 is 0 Å². The van der Waals surface area contributed by atoms with Gasteiger partial charge in [-0.3, -0.25) is 9.59 Å². The van der Waals surface area contributed by atoms with Crippen molar-refractivity contribution < 1.29 is 23.8 Å². The Morgan fingerprint density at radius 2 is 1.61 bits per heavy atom. The molecule has 178 valence electrons. The van der Waals surface area contributed by atoms with Crippen LogP contribution in [-0.2, 0) is 4.79 Å². The van der Waals surface area contributed by atoms with Gasteiger partial charge in [0.25, 0.3) is 11.8 Å². The van der Waals surface area contributed by atoms with Crippen molar-refractivity contribution in [2.45, 2.75) is 51.7 Å². The molecule has 2 amide bonds. The fourth-order valence-electron chi connectivity index (χ4n) is 4.01. The van der Waals surface area contributed by atoms with Crippen molar-refractivity contribution in [3.63, 3.8) is 0 Å². The summed E-state index contributed by atoms with van der Waals surface area (Å²) in [5, 5.41) is 3.08. The molecule has 0 radical (unpaired) electrons. The number of hydrogen-bond donors (Lipinski definition) is 1. The van der Waals surface area contributed by atoms with Crippen molar-refractivity contribution in [1.29, 1.82) is 0 Å². The molecule has 1 N–H and O–H groups in total. The van der Waals surface area contributed by atoms with Crippen molar-refractivity contribution in [1.82, 2.24) is 10.2 Å². The monoisotopic (exact) mass is 454 g/mol. The fraction of sp³-hybridized carbons (Fsp3) is 0.462. The molecule has 0 saturated carbocycles. The zero-order valence-corrected chi connectivity index (χ0v) is 20.1. The quantitative estimate of drug-likeness (QED) is 0.652. The first-order valence-corrected chi connectivity index (χ1v) is 11.4. The van der Waals surface area contributed by atoms with Crippen LogP contribution in [0.15, 0.2) is 42.5 Å². The summed E-state index contributed by atoms with van der Waals surface area (Å²) in [6, 6.07) is 13.0. The Morgan fingerprint density at radius 3 is 2.24 bits per heavy atom. The zero-order valence-electron chi connectivity index (χ0n) is 20.1. The van der Waals surface area contributed by atoms with Crippen molar-refractivity contribution in [3.05, 3.63) is 53.6 Å². The number of hydrogen-bond acceptors (Lipinski definition) is 5. The maximum Gasteiger partial charge on any atom is 0.260 e. The van der Waals surface area contributed by atoms with Gasteiger partial charge in [-0.25, -0.2) is 0 Å². The second-order valence-corrected chi connectivity index (χ2v) is 8.60. The molecule has 33 heavy (non-hydrogen) atoms. The highest BCUT2D eigenvalue weighted by atomic mass is 16.5. The van der Waals surface area contributed by atoms with Crippen molar-refractivity contribution in [2.75, 3.05) is 27.3 Å². The number of methoxy groups -OCH3 is 2. The number of nitrogens with zero attached hydrogens (tertiary/aromatic N) is 1. The smallest absolute Gasteiger partial charge is 0.260 e. The Bertz CT molecular complexity index is 967. The number of piperidine rings is 1. The molecule has 7 nitrogen and oxygen atoms in total. The number of carbonyl (C=O) groups is 2. The summed E-state index contributed by atoms with van der Waals surface area (Å²) in [5.41, 5.74) is 1.64. The van der Waals surface area contributed by atoms with Crippen LogP contribution in [0, 0.1) is 0 Å². The molecule has 1 fully saturated rings. The molecule has 0 aliphatic carbocycles. The Morgan fingerprint density at radius 1 is 0.939 bits per heavy atom. The molecule has 0 aromatic heterocycles. The van der Waals surface area contributed by atoms with Crippen LogP contribution in [0.5, 0.6) is 17.2 Å². The van der Waals surface area contributed by atoms with Gasteiger partial charge in [-0.15, -0.1) is 0 Å². The van der Waals surface area contributed by atoms with E-state index in [1.807, 2.05) is 29.2 Å². The SMILES string of the molecule is COc1ccc(C(=O)N2CCC(NC(=O)C(C)Oc3ccccc3C(C)C)CC2)cc1OC. The first kappa shape index (κ1) is 24.4.